The number of aryl methyl sites for hydroxylation is 1. The van der Waals surface area contributed by atoms with Crippen molar-refractivity contribution in [3.05, 3.63) is 46.2 Å². The lowest BCUT2D eigenvalue weighted by molar-refractivity contribution is 0.340. The molecule has 1 heterocycles. The summed E-state index contributed by atoms with van der Waals surface area (Å²) >= 11 is 1.58. The van der Waals surface area contributed by atoms with E-state index in [1.165, 1.54) is 0 Å². The fraction of sp³-hybridized carbons (Fsp3) is 0.286. The first-order chi connectivity index (χ1) is 9.94. The van der Waals surface area contributed by atoms with E-state index in [0.29, 0.717) is 18.0 Å². The van der Waals surface area contributed by atoms with Gasteiger partial charge in [0.15, 0.2) is 0 Å². The summed E-state index contributed by atoms with van der Waals surface area (Å²) in [5.41, 5.74) is 6.21. The van der Waals surface area contributed by atoms with Gasteiger partial charge in [-0.2, -0.15) is 0 Å². The number of sulfonamides is 1. The van der Waals surface area contributed by atoms with Gasteiger partial charge >= 0.3 is 0 Å². The van der Waals surface area contributed by atoms with Crippen LogP contribution in [0.25, 0.3) is 0 Å². The Kier molecular flexibility index (Phi) is 5.22. The largest absolute Gasteiger partial charge is 0.492 e. The zero-order valence-corrected chi connectivity index (χ0v) is 13.3. The van der Waals surface area contributed by atoms with Crippen LogP contribution in [0.3, 0.4) is 0 Å². The van der Waals surface area contributed by atoms with Crippen molar-refractivity contribution in [2.75, 3.05) is 18.1 Å². The van der Waals surface area contributed by atoms with E-state index in [1.807, 2.05) is 19.1 Å². The average Bonchev–Trinajstić information content (AvgIpc) is 2.82. The van der Waals surface area contributed by atoms with Crippen LogP contribution >= 0.6 is 11.3 Å². The summed E-state index contributed by atoms with van der Waals surface area (Å²) in [7, 11) is -3.35. The Balaban J connectivity index is 1.78. The number of hydrogen-bond acceptors (Lipinski definition) is 5. The van der Waals surface area contributed by atoms with Gasteiger partial charge in [0.2, 0.25) is 10.0 Å². The highest BCUT2D eigenvalue weighted by Gasteiger charge is 2.11. The van der Waals surface area contributed by atoms with Gasteiger partial charge < -0.3 is 10.5 Å². The fourth-order valence-electron chi connectivity index (χ4n) is 1.71. The van der Waals surface area contributed by atoms with Crippen molar-refractivity contribution in [2.24, 2.45) is 0 Å². The van der Waals surface area contributed by atoms with E-state index in [2.05, 4.69) is 4.72 Å². The van der Waals surface area contributed by atoms with Gasteiger partial charge in [0.1, 0.15) is 12.4 Å². The second-order valence-corrected chi connectivity index (χ2v) is 7.87. The fourth-order valence-corrected chi connectivity index (χ4v) is 3.45. The molecule has 0 amide bonds. The van der Waals surface area contributed by atoms with Gasteiger partial charge in [-0.3, -0.25) is 0 Å². The van der Waals surface area contributed by atoms with Gasteiger partial charge in [-0.15, -0.1) is 11.3 Å². The Morgan fingerprint density at radius 2 is 2.10 bits per heavy atom. The van der Waals surface area contributed by atoms with E-state index in [0.717, 1.165) is 9.75 Å². The number of anilines is 1. The Bertz CT molecular complexity index is 696. The van der Waals surface area contributed by atoms with Crippen LogP contribution in [0.4, 0.5) is 5.69 Å². The molecule has 0 spiro atoms. The summed E-state index contributed by atoms with van der Waals surface area (Å²) in [6.45, 7) is 2.39. The number of nitrogens with two attached hydrogens (primary N) is 1. The third-order valence-electron chi connectivity index (χ3n) is 2.74. The minimum absolute atomic E-state index is 0.0856. The number of hydrogen-bond donors (Lipinski definition) is 2. The molecule has 5 nitrogen and oxygen atoms in total. The Morgan fingerprint density at radius 3 is 2.76 bits per heavy atom. The van der Waals surface area contributed by atoms with Gasteiger partial charge in [0.25, 0.3) is 0 Å². The predicted molar refractivity (Wildman–Crippen MR) is 86.0 cm³/mol. The van der Waals surface area contributed by atoms with E-state index in [9.17, 15) is 8.42 Å². The van der Waals surface area contributed by atoms with E-state index in [1.54, 1.807) is 35.6 Å². The van der Waals surface area contributed by atoms with Crippen LogP contribution in [-0.2, 0) is 16.6 Å². The molecule has 1 aromatic heterocycles. The van der Waals surface area contributed by atoms with Crippen molar-refractivity contribution in [1.82, 2.24) is 4.72 Å². The van der Waals surface area contributed by atoms with E-state index in [4.69, 9.17) is 10.5 Å². The van der Waals surface area contributed by atoms with Gasteiger partial charge in [0, 0.05) is 28.1 Å². The second-order valence-electron chi connectivity index (χ2n) is 4.57. The maximum absolute atomic E-state index is 11.9. The number of nitrogen functional groups attached to an aromatic ring is 1. The number of benzene rings is 1. The summed E-state index contributed by atoms with van der Waals surface area (Å²) in [5, 5.41) is 0. The summed E-state index contributed by atoms with van der Waals surface area (Å²) in [6, 6.07) is 10.8. The van der Waals surface area contributed by atoms with Crippen molar-refractivity contribution >= 4 is 27.0 Å². The average molecular weight is 326 g/mol. The zero-order chi connectivity index (χ0) is 15.3. The van der Waals surface area contributed by atoms with E-state index in [-0.39, 0.29) is 12.4 Å². The molecule has 0 aliphatic carbocycles. The van der Waals surface area contributed by atoms with Gasteiger partial charge in [-0.1, -0.05) is 6.07 Å². The molecule has 2 rings (SSSR count). The number of thiophene rings is 1. The first-order valence-corrected chi connectivity index (χ1v) is 8.92. The Morgan fingerprint density at radius 1 is 1.29 bits per heavy atom. The molecule has 0 saturated heterocycles. The molecule has 0 saturated carbocycles. The lowest BCUT2D eigenvalue weighted by Crippen LogP contribution is -2.28. The highest BCUT2D eigenvalue weighted by atomic mass is 32.2. The lowest BCUT2D eigenvalue weighted by atomic mass is 10.3. The lowest BCUT2D eigenvalue weighted by Gasteiger charge is -2.08. The molecule has 0 unspecified atom stereocenters. The van der Waals surface area contributed by atoms with Crippen molar-refractivity contribution in [3.63, 3.8) is 0 Å². The normalized spacial score (nSPS) is 11.5. The predicted octanol–water partition coefficient (Wildman–Crippen LogP) is 2.14. The molecule has 7 heteroatoms. The van der Waals surface area contributed by atoms with Crippen LogP contribution in [0.5, 0.6) is 5.75 Å². The Labute approximate surface area is 128 Å². The third kappa shape index (κ3) is 5.37. The summed E-state index contributed by atoms with van der Waals surface area (Å²) in [4.78, 5) is 2.15. The standard InChI is InChI=1S/C14H18N2O3S2/c1-11-5-6-14(20-11)10-16-21(17,18)8-7-19-13-4-2-3-12(15)9-13/h2-6,9,16H,7-8,10,15H2,1H3. The first-order valence-electron chi connectivity index (χ1n) is 6.46. The second kappa shape index (κ2) is 6.93. The summed E-state index contributed by atoms with van der Waals surface area (Å²) < 4.78 is 31.7. The maximum Gasteiger partial charge on any atom is 0.215 e. The summed E-state index contributed by atoms with van der Waals surface area (Å²) in [6.07, 6.45) is 0. The van der Waals surface area contributed by atoms with Crippen LogP contribution in [0, 0.1) is 6.92 Å². The molecule has 1 aromatic carbocycles. The molecule has 21 heavy (non-hydrogen) atoms. The number of nitrogens with one attached hydrogen (secondary N) is 1. The minimum atomic E-state index is -3.35. The molecular formula is C14H18N2O3S2. The molecule has 3 N–H and O–H groups in total. The smallest absolute Gasteiger partial charge is 0.215 e. The Hall–Kier alpha value is -1.57. The van der Waals surface area contributed by atoms with E-state index < -0.39 is 10.0 Å². The monoisotopic (exact) mass is 326 g/mol. The van der Waals surface area contributed by atoms with Crippen molar-refractivity contribution < 1.29 is 13.2 Å². The molecule has 2 aromatic rings. The summed E-state index contributed by atoms with van der Waals surface area (Å²) in [5.74, 6) is 0.477. The van der Waals surface area contributed by atoms with Gasteiger partial charge in [-0.05, 0) is 31.2 Å². The maximum atomic E-state index is 11.9. The highest BCUT2D eigenvalue weighted by molar-refractivity contribution is 7.89. The molecular weight excluding hydrogens is 308 g/mol. The van der Waals surface area contributed by atoms with Crippen LogP contribution < -0.4 is 15.2 Å². The van der Waals surface area contributed by atoms with Crippen molar-refractivity contribution in [1.29, 1.82) is 0 Å². The van der Waals surface area contributed by atoms with Gasteiger partial charge in [-0.25, -0.2) is 13.1 Å². The first kappa shape index (κ1) is 15.8. The van der Waals surface area contributed by atoms with Crippen LogP contribution in [0.2, 0.25) is 0 Å². The zero-order valence-electron chi connectivity index (χ0n) is 11.7. The molecule has 0 aliphatic heterocycles. The molecule has 0 bridgehead atoms. The molecule has 0 aliphatic rings. The molecule has 0 atom stereocenters. The van der Waals surface area contributed by atoms with Crippen LogP contribution in [0.1, 0.15) is 9.75 Å². The van der Waals surface area contributed by atoms with Crippen LogP contribution in [0.15, 0.2) is 36.4 Å². The molecule has 0 fully saturated rings. The quantitative estimate of drug-likeness (QED) is 0.764. The number of ether oxygens (including phenoxy) is 1. The topological polar surface area (TPSA) is 81.4 Å². The van der Waals surface area contributed by atoms with Crippen molar-refractivity contribution in [2.45, 2.75) is 13.5 Å². The SMILES string of the molecule is Cc1ccc(CNS(=O)(=O)CCOc2cccc(N)c2)s1. The van der Waals surface area contributed by atoms with Crippen molar-refractivity contribution in [3.8, 4) is 5.75 Å². The number of rotatable bonds is 7. The molecule has 0 radical (unpaired) electrons. The highest BCUT2D eigenvalue weighted by Crippen LogP contribution is 2.15. The van der Waals surface area contributed by atoms with Gasteiger partial charge in [0.05, 0.1) is 5.75 Å². The minimum Gasteiger partial charge on any atom is -0.492 e. The third-order valence-corrected chi connectivity index (χ3v) is 5.03. The van der Waals surface area contributed by atoms with E-state index >= 15 is 0 Å². The van der Waals surface area contributed by atoms with Crippen LogP contribution in [-0.4, -0.2) is 20.8 Å². The molecule has 114 valence electrons.